The smallest absolute Gasteiger partial charge is 0.181 e. The summed E-state index contributed by atoms with van der Waals surface area (Å²) in [7, 11) is 0. The molecule has 4 rings (SSSR count). The molecule has 0 amide bonds. The molecule has 0 fully saturated rings. The van der Waals surface area contributed by atoms with Crippen molar-refractivity contribution in [3.05, 3.63) is 54.4 Å². The summed E-state index contributed by atoms with van der Waals surface area (Å²) in [6, 6.07) is 13.6. The Bertz CT molecular complexity index is 1010. The molecule has 0 unspecified atom stereocenters. The SMILES string of the molecule is Cc1cccc(-c2nc(N)sc2-c2ccc3ncccc3n2)n1. The second-order valence-corrected chi connectivity index (χ2v) is 6.16. The molecule has 23 heavy (non-hydrogen) atoms. The van der Waals surface area contributed by atoms with Crippen LogP contribution in [0, 0.1) is 6.92 Å². The van der Waals surface area contributed by atoms with Crippen LogP contribution in [0.1, 0.15) is 5.69 Å². The van der Waals surface area contributed by atoms with Crippen molar-refractivity contribution in [3.8, 4) is 22.0 Å². The van der Waals surface area contributed by atoms with Gasteiger partial charge in [-0.25, -0.2) is 9.97 Å². The number of pyridine rings is 3. The Kier molecular flexibility index (Phi) is 3.24. The van der Waals surface area contributed by atoms with Crippen LogP contribution in [0.2, 0.25) is 0 Å². The number of aromatic nitrogens is 4. The van der Waals surface area contributed by atoms with Gasteiger partial charge in [0, 0.05) is 11.9 Å². The number of hydrogen-bond acceptors (Lipinski definition) is 6. The Hall–Kier alpha value is -2.86. The Balaban J connectivity index is 1.91. The highest BCUT2D eigenvalue weighted by atomic mass is 32.1. The molecular weight excluding hydrogens is 306 g/mol. The molecule has 4 aromatic heterocycles. The second-order valence-electron chi connectivity index (χ2n) is 5.13. The Morgan fingerprint density at radius 3 is 2.65 bits per heavy atom. The van der Waals surface area contributed by atoms with E-state index in [9.17, 15) is 0 Å². The summed E-state index contributed by atoms with van der Waals surface area (Å²) in [6.45, 7) is 1.96. The first kappa shape index (κ1) is 13.8. The third kappa shape index (κ3) is 2.53. The van der Waals surface area contributed by atoms with E-state index in [4.69, 9.17) is 10.7 Å². The molecule has 5 nitrogen and oxygen atoms in total. The first-order valence-electron chi connectivity index (χ1n) is 7.13. The molecule has 0 saturated carbocycles. The fourth-order valence-corrected chi connectivity index (χ4v) is 3.25. The van der Waals surface area contributed by atoms with Crippen molar-refractivity contribution in [1.82, 2.24) is 19.9 Å². The fourth-order valence-electron chi connectivity index (χ4n) is 2.44. The molecule has 0 spiro atoms. The van der Waals surface area contributed by atoms with Gasteiger partial charge in [0.25, 0.3) is 0 Å². The highest BCUT2D eigenvalue weighted by Gasteiger charge is 2.16. The second kappa shape index (κ2) is 5.40. The van der Waals surface area contributed by atoms with Crippen LogP contribution in [0.5, 0.6) is 0 Å². The molecule has 4 aromatic rings. The number of nitrogens with two attached hydrogens (primary N) is 1. The van der Waals surface area contributed by atoms with Gasteiger partial charge in [0.15, 0.2) is 5.13 Å². The number of nitrogen functional groups attached to an aromatic ring is 1. The number of hydrogen-bond donors (Lipinski definition) is 1. The van der Waals surface area contributed by atoms with Crippen LogP contribution in [-0.4, -0.2) is 19.9 Å². The summed E-state index contributed by atoms with van der Waals surface area (Å²) in [5.74, 6) is 0. The van der Waals surface area contributed by atoms with E-state index >= 15 is 0 Å². The summed E-state index contributed by atoms with van der Waals surface area (Å²) < 4.78 is 0. The highest BCUT2D eigenvalue weighted by molar-refractivity contribution is 7.19. The largest absolute Gasteiger partial charge is 0.375 e. The van der Waals surface area contributed by atoms with E-state index in [0.29, 0.717) is 5.13 Å². The molecule has 0 aliphatic carbocycles. The normalized spacial score (nSPS) is 11.0. The van der Waals surface area contributed by atoms with E-state index < -0.39 is 0 Å². The fraction of sp³-hybridized carbons (Fsp3) is 0.0588. The van der Waals surface area contributed by atoms with E-state index in [1.165, 1.54) is 11.3 Å². The number of fused-ring (bicyclic) bond motifs is 1. The van der Waals surface area contributed by atoms with Crippen molar-refractivity contribution < 1.29 is 0 Å². The molecular formula is C17H13N5S. The molecule has 0 saturated heterocycles. The summed E-state index contributed by atoms with van der Waals surface area (Å²) >= 11 is 1.42. The number of aryl methyl sites for hydroxylation is 1. The molecule has 0 aliphatic rings. The van der Waals surface area contributed by atoms with Crippen molar-refractivity contribution in [2.75, 3.05) is 5.73 Å². The van der Waals surface area contributed by atoms with E-state index in [2.05, 4.69) is 15.0 Å². The van der Waals surface area contributed by atoms with E-state index in [1.54, 1.807) is 6.20 Å². The maximum Gasteiger partial charge on any atom is 0.181 e. The average Bonchev–Trinajstić information content (AvgIpc) is 2.96. The molecule has 112 valence electrons. The topological polar surface area (TPSA) is 77.6 Å². The molecule has 2 N–H and O–H groups in total. The van der Waals surface area contributed by atoms with E-state index in [1.807, 2.05) is 49.4 Å². The van der Waals surface area contributed by atoms with E-state index in [-0.39, 0.29) is 0 Å². The summed E-state index contributed by atoms with van der Waals surface area (Å²) in [4.78, 5) is 18.9. The number of rotatable bonds is 2. The van der Waals surface area contributed by atoms with Crippen molar-refractivity contribution in [2.45, 2.75) is 6.92 Å². The summed E-state index contributed by atoms with van der Waals surface area (Å²) in [6.07, 6.45) is 1.76. The zero-order valence-corrected chi connectivity index (χ0v) is 13.2. The Morgan fingerprint density at radius 2 is 1.78 bits per heavy atom. The average molecular weight is 319 g/mol. The molecule has 6 heteroatoms. The van der Waals surface area contributed by atoms with Crippen LogP contribution in [0.15, 0.2) is 48.7 Å². The minimum Gasteiger partial charge on any atom is -0.375 e. The summed E-state index contributed by atoms with van der Waals surface area (Å²) in [5, 5.41) is 0.506. The van der Waals surface area contributed by atoms with Crippen molar-refractivity contribution in [2.24, 2.45) is 0 Å². The lowest BCUT2D eigenvalue weighted by Crippen LogP contribution is -1.91. The maximum absolute atomic E-state index is 5.94. The van der Waals surface area contributed by atoms with Crippen molar-refractivity contribution in [1.29, 1.82) is 0 Å². The first-order chi connectivity index (χ1) is 11.2. The summed E-state index contributed by atoms with van der Waals surface area (Å²) in [5.41, 5.74) is 11.0. The van der Waals surface area contributed by atoms with E-state index in [0.717, 1.165) is 38.7 Å². The van der Waals surface area contributed by atoms with Gasteiger partial charge < -0.3 is 5.73 Å². The van der Waals surface area contributed by atoms with Gasteiger partial charge >= 0.3 is 0 Å². The number of thiazole rings is 1. The van der Waals surface area contributed by atoms with Gasteiger partial charge in [0.2, 0.25) is 0 Å². The molecule has 0 aromatic carbocycles. The van der Waals surface area contributed by atoms with Crippen LogP contribution < -0.4 is 5.73 Å². The lowest BCUT2D eigenvalue weighted by Gasteiger charge is -2.04. The quantitative estimate of drug-likeness (QED) is 0.609. The molecule has 0 radical (unpaired) electrons. The van der Waals surface area contributed by atoms with Crippen LogP contribution in [-0.2, 0) is 0 Å². The van der Waals surface area contributed by atoms with Gasteiger partial charge in [-0.05, 0) is 43.3 Å². The van der Waals surface area contributed by atoms with Gasteiger partial charge in [-0.15, -0.1) is 0 Å². The third-order valence-electron chi connectivity index (χ3n) is 3.46. The third-order valence-corrected chi connectivity index (χ3v) is 4.37. The van der Waals surface area contributed by atoms with Crippen molar-refractivity contribution >= 4 is 27.5 Å². The molecule has 0 aliphatic heterocycles. The Labute approximate surface area is 136 Å². The highest BCUT2D eigenvalue weighted by Crippen LogP contribution is 2.36. The number of anilines is 1. The lowest BCUT2D eigenvalue weighted by molar-refractivity contribution is 1.19. The zero-order valence-electron chi connectivity index (χ0n) is 12.4. The molecule has 4 heterocycles. The lowest BCUT2D eigenvalue weighted by atomic mass is 10.2. The Morgan fingerprint density at radius 1 is 0.870 bits per heavy atom. The van der Waals surface area contributed by atoms with Gasteiger partial charge in [0.05, 0.1) is 27.3 Å². The van der Waals surface area contributed by atoms with Gasteiger partial charge in [0.1, 0.15) is 5.69 Å². The van der Waals surface area contributed by atoms with Crippen LogP contribution in [0.3, 0.4) is 0 Å². The zero-order chi connectivity index (χ0) is 15.8. The van der Waals surface area contributed by atoms with Gasteiger partial charge in [-0.2, -0.15) is 0 Å². The van der Waals surface area contributed by atoms with Crippen LogP contribution >= 0.6 is 11.3 Å². The van der Waals surface area contributed by atoms with Crippen molar-refractivity contribution in [3.63, 3.8) is 0 Å². The van der Waals surface area contributed by atoms with Gasteiger partial charge in [-0.3, -0.25) is 9.97 Å². The number of nitrogens with zero attached hydrogens (tertiary/aromatic N) is 4. The standard InChI is InChI=1S/C17H13N5S/c1-10-4-2-5-13(20-10)15-16(23-17(18)22-15)14-8-7-11-12(21-14)6-3-9-19-11/h2-9H,1H3,(H2,18,22). The first-order valence-corrected chi connectivity index (χ1v) is 7.95. The maximum atomic E-state index is 5.94. The molecule has 0 bridgehead atoms. The predicted molar refractivity (Wildman–Crippen MR) is 93.0 cm³/mol. The van der Waals surface area contributed by atoms with Crippen LogP contribution in [0.4, 0.5) is 5.13 Å². The predicted octanol–water partition coefficient (Wildman–Crippen LogP) is 3.71. The minimum absolute atomic E-state index is 0.506. The monoisotopic (exact) mass is 319 g/mol. The molecule has 0 atom stereocenters. The minimum atomic E-state index is 0.506. The van der Waals surface area contributed by atoms with Crippen LogP contribution in [0.25, 0.3) is 33.0 Å². The van der Waals surface area contributed by atoms with Gasteiger partial charge in [-0.1, -0.05) is 17.4 Å².